The van der Waals surface area contributed by atoms with Crippen molar-refractivity contribution in [1.29, 1.82) is 0 Å². The van der Waals surface area contributed by atoms with Crippen molar-refractivity contribution in [3.05, 3.63) is 0 Å². The van der Waals surface area contributed by atoms with Crippen LogP contribution in [0, 0.1) is 5.92 Å². The SMILES string of the molecule is COC(C)(C)CC(CN)N(C)CC1CCC1. The monoisotopic (exact) mass is 228 g/mol. The molecule has 1 fully saturated rings. The molecule has 0 heterocycles. The highest BCUT2D eigenvalue weighted by Gasteiger charge is 2.27. The summed E-state index contributed by atoms with van der Waals surface area (Å²) in [7, 11) is 3.97. The summed E-state index contributed by atoms with van der Waals surface area (Å²) < 4.78 is 5.48. The Kier molecular flexibility index (Phi) is 5.22. The highest BCUT2D eigenvalue weighted by molar-refractivity contribution is 4.82. The molecule has 0 saturated heterocycles. The van der Waals surface area contributed by atoms with Crippen molar-refractivity contribution in [1.82, 2.24) is 4.90 Å². The van der Waals surface area contributed by atoms with E-state index in [1.54, 1.807) is 7.11 Å². The normalized spacial score (nSPS) is 19.9. The molecule has 1 rings (SSSR count). The molecule has 16 heavy (non-hydrogen) atoms. The van der Waals surface area contributed by atoms with Crippen molar-refractivity contribution in [2.75, 3.05) is 27.2 Å². The summed E-state index contributed by atoms with van der Waals surface area (Å²) in [5, 5.41) is 0. The van der Waals surface area contributed by atoms with E-state index in [2.05, 4.69) is 25.8 Å². The predicted octanol–water partition coefficient (Wildman–Crippen LogP) is 1.86. The van der Waals surface area contributed by atoms with Crippen LogP contribution in [-0.2, 0) is 4.74 Å². The number of methoxy groups -OCH3 is 1. The van der Waals surface area contributed by atoms with Crippen LogP contribution in [0.4, 0.5) is 0 Å². The zero-order chi connectivity index (χ0) is 12.2. The van der Waals surface area contributed by atoms with Gasteiger partial charge in [-0.15, -0.1) is 0 Å². The van der Waals surface area contributed by atoms with Gasteiger partial charge in [-0.25, -0.2) is 0 Å². The lowest BCUT2D eigenvalue weighted by molar-refractivity contribution is -0.00742. The molecular weight excluding hydrogens is 200 g/mol. The van der Waals surface area contributed by atoms with Gasteiger partial charge in [0.05, 0.1) is 5.60 Å². The Morgan fingerprint density at radius 1 is 1.44 bits per heavy atom. The Morgan fingerprint density at radius 3 is 2.44 bits per heavy atom. The lowest BCUT2D eigenvalue weighted by Crippen LogP contribution is -2.45. The number of hydrogen-bond donors (Lipinski definition) is 1. The Balaban J connectivity index is 2.39. The van der Waals surface area contributed by atoms with Gasteiger partial charge in [0, 0.05) is 26.2 Å². The van der Waals surface area contributed by atoms with Crippen LogP contribution in [0.15, 0.2) is 0 Å². The maximum absolute atomic E-state index is 5.87. The molecule has 0 amide bonds. The maximum Gasteiger partial charge on any atom is 0.0638 e. The van der Waals surface area contributed by atoms with Gasteiger partial charge in [0.25, 0.3) is 0 Å². The Hall–Kier alpha value is -0.120. The molecule has 2 N–H and O–H groups in total. The van der Waals surface area contributed by atoms with Crippen molar-refractivity contribution < 1.29 is 4.74 Å². The smallest absolute Gasteiger partial charge is 0.0638 e. The summed E-state index contributed by atoms with van der Waals surface area (Å²) in [6, 6.07) is 0.440. The van der Waals surface area contributed by atoms with Gasteiger partial charge in [-0.2, -0.15) is 0 Å². The van der Waals surface area contributed by atoms with Crippen LogP contribution in [0.2, 0.25) is 0 Å². The summed E-state index contributed by atoms with van der Waals surface area (Å²) in [6.45, 7) is 6.18. The summed E-state index contributed by atoms with van der Waals surface area (Å²) in [6.07, 6.45) is 5.21. The lowest BCUT2D eigenvalue weighted by atomic mass is 9.84. The van der Waals surface area contributed by atoms with Crippen LogP contribution in [0.5, 0.6) is 0 Å². The van der Waals surface area contributed by atoms with Gasteiger partial charge in [-0.1, -0.05) is 6.42 Å². The highest BCUT2D eigenvalue weighted by atomic mass is 16.5. The molecule has 1 aliphatic rings. The quantitative estimate of drug-likeness (QED) is 0.723. The van der Waals surface area contributed by atoms with Crippen molar-refractivity contribution in [2.45, 2.75) is 51.2 Å². The first-order valence-electron chi connectivity index (χ1n) is 6.44. The number of ether oxygens (including phenoxy) is 1. The van der Waals surface area contributed by atoms with Gasteiger partial charge in [0.1, 0.15) is 0 Å². The predicted molar refractivity (Wildman–Crippen MR) is 68.5 cm³/mol. The van der Waals surface area contributed by atoms with Gasteiger partial charge >= 0.3 is 0 Å². The van der Waals surface area contributed by atoms with Gasteiger partial charge < -0.3 is 15.4 Å². The van der Waals surface area contributed by atoms with Gasteiger partial charge in [-0.3, -0.25) is 0 Å². The van der Waals surface area contributed by atoms with E-state index in [1.165, 1.54) is 25.8 Å². The van der Waals surface area contributed by atoms with Gasteiger partial charge in [0.2, 0.25) is 0 Å². The van der Waals surface area contributed by atoms with Crippen LogP contribution in [-0.4, -0.2) is 43.8 Å². The van der Waals surface area contributed by atoms with E-state index in [4.69, 9.17) is 10.5 Å². The van der Waals surface area contributed by atoms with E-state index in [9.17, 15) is 0 Å². The average Bonchev–Trinajstić information content (AvgIpc) is 2.19. The molecule has 3 heteroatoms. The zero-order valence-electron chi connectivity index (χ0n) is 11.3. The molecule has 0 radical (unpaired) electrons. The van der Waals surface area contributed by atoms with E-state index >= 15 is 0 Å². The lowest BCUT2D eigenvalue weighted by Gasteiger charge is -2.37. The number of nitrogens with two attached hydrogens (primary N) is 1. The average molecular weight is 228 g/mol. The van der Waals surface area contributed by atoms with Crippen LogP contribution >= 0.6 is 0 Å². The molecule has 3 nitrogen and oxygen atoms in total. The summed E-state index contributed by atoms with van der Waals surface area (Å²) in [5.74, 6) is 0.907. The minimum atomic E-state index is -0.0715. The molecule has 1 unspecified atom stereocenters. The van der Waals surface area contributed by atoms with Crippen molar-refractivity contribution in [3.8, 4) is 0 Å². The van der Waals surface area contributed by atoms with Crippen LogP contribution in [0.1, 0.15) is 39.5 Å². The van der Waals surface area contributed by atoms with Crippen molar-refractivity contribution in [2.24, 2.45) is 11.7 Å². The Labute approximate surface area is 100 Å². The molecular formula is C13H28N2O. The van der Waals surface area contributed by atoms with Gasteiger partial charge in [0.15, 0.2) is 0 Å². The molecule has 96 valence electrons. The topological polar surface area (TPSA) is 38.5 Å². The first kappa shape index (κ1) is 13.9. The van der Waals surface area contributed by atoms with Crippen molar-refractivity contribution in [3.63, 3.8) is 0 Å². The molecule has 1 aliphatic carbocycles. The third-order valence-corrected chi connectivity index (χ3v) is 3.95. The highest BCUT2D eigenvalue weighted by Crippen LogP contribution is 2.28. The number of hydrogen-bond acceptors (Lipinski definition) is 3. The van der Waals surface area contributed by atoms with E-state index in [0.717, 1.165) is 18.9 Å². The van der Waals surface area contributed by atoms with E-state index in [0.29, 0.717) is 6.04 Å². The number of nitrogens with zero attached hydrogens (tertiary/aromatic N) is 1. The maximum atomic E-state index is 5.87. The van der Waals surface area contributed by atoms with Crippen molar-refractivity contribution >= 4 is 0 Å². The summed E-state index contributed by atoms with van der Waals surface area (Å²) in [4.78, 5) is 2.42. The molecule has 1 atom stereocenters. The fourth-order valence-corrected chi connectivity index (χ4v) is 2.30. The third kappa shape index (κ3) is 4.04. The molecule has 0 spiro atoms. The first-order chi connectivity index (χ1) is 7.48. The number of rotatable bonds is 7. The molecule has 0 aliphatic heterocycles. The number of likely N-dealkylation sites (N-methyl/N-ethyl adjacent to an activating group) is 1. The van der Waals surface area contributed by atoms with E-state index in [1.807, 2.05) is 0 Å². The minimum Gasteiger partial charge on any atom is -0.379 e. The second-order valence-corrected chi connectivity index (χ2v) is 5.79. The molecule has 0 aromatic rings. The van der Waals surface area contributed by atoms with E-state index in [-0.39, 0.29) is 5.60 Å². The van der Waals surface area contributed by atoms with Crippen LogP contribution in [0.25, 0.3) is 0 Å². The Bertz CT molecular complexity index is 202. The summed E-state index contributed by atoms with van der Waals surface area (Å²) in [5.41, 5.74) is 5.80. The summed E-state index contributed by atoms with van der Waals surface area (Å²) >= 11 is 0. The van der Waals surface area contributed by atoms with Gasteiger partial charge in [-0.05, 0) is 46.1 Å². The fourth-order valence-electron chi connectivity index (χ4n) is 2.30. The molecule has 1 saturated carbocycles. The van der Waals surface area contributed by atoms with Crippen LogP contribution in [0.3, 0.4) is 0 Å². The minimum absolute atomic E-state index is 0.0715. The van der Waals surface area contributed by atoms with E-state index < -0.39 is 0 Å². The standard InChI is InChI=1S/C13H28N2O/c1-13(2,16-4)8-12(9-14)15(3)10-11-6-5-7-11/h11-12H,5-10,14H2,1-4H3. The fraction of sp³-hybridized carbons (Fsp3) is 1.00. The zero-order valence-corrected chi connectivity index (χ0v) is 11.3. The molecule has 0 aromatic carbocycles. The second-order valence-electron chi connectivity index (χ2n) is 5.79. The first-order valence-corrected chi connectivity index (χ1v) is 6.44. The Morgan fingerprint density at radius 2 is 2.06 bits per heavy atom. The molecule has 0 bridgehead atoms. The largest absolute Gasteiger partial charge is 0.379 e. The second kappa shape index (κ2) is 5.99. The molecule has 0 aromatic heterocycles. The third-order valence-electron chi connectivity index (χ3n) is 3.95. The van der Waals surface area contributed by atoms with Crippen LogP contribution < -0.4 is 5.73 Å².